The Kier molecular flexibility index (Phi) is 31.5. The molecule has 36 heteroatoms. The fourth-order valence-electron chi connectivity index (χ4n) is 9.00. The second-order valence-corrected chi connectivity index (χ2v) is 20.5. The number of hydrogen-bond donors (Lipinski definition) is 19. The summed E-state index contributed by atoms with van der Waals surface area (Å²) in [6.07, 6.45) is -1.43. The number of nitrogens with zero attached hydrogens (tertiary/aromatic N) is 2. The van der Waals surface area contributed by atoms with Crippen molar-refractivity contribution in [3.63, 3.8) is 0 Å². The first-order valence-corrected chi connectivity index (χ1v) is 27.6. The van der Waals surface area contributed by atoms with Crippen molar-refractivity contribution < 1.29 is 97.5 Å². The fraction of sp³-hybridized carbons (Fsp3) is 0.680. The number of primary amides is 1. The lowest BCUT2D eigenvalue weighted by molar-refractivity contribution is -0.144. The van der Waals surface area contributed by atoms with Gasteiger partial charge in [0.05, 0.1) is 26.4 Å². The first-order chi connectivity index (χ1) is 40.5. The lowest BCUT2D eigenvalue weighted by atomic mass is 10.0. The molecule has 0 aliphatic carbocycles. The Balaban J connectivity index is 2.26. The largest absolute Gasteiger partial charge is 0.481 e. The third-order valence-corrected chi connectivity index (χ3v) is 13.6. The summed E-state index contributed by atoms with van der Waals surface area (Å²) in [6.45, 7) is 0.842. The van der Waals surface area contributed by atoms with Crippen molar-refractivity contribution in [2.45, 2.75) is 164 Å². The summed E-state index contributed by atoms with van der Waals surface area (Å²) in [5, 5.41) is 79.0. The molecule has 0 bridgehead atoms. The minimum absolute atomic E-state index is 0.0378. The molecule has 0 spiro atoms. The van der Waals surface area contributed by atoms with Crippen LogP contribution in [0.15, 0.2) is 0 Å². The third-order valence-electron chi connectivity index (χ3n) is 13.6. The number of carboxylic acids is 2. The van der Waals surface area contributed by atoms with Gasteiger partial charge in [-0.05, 0) is 70.6 Å². The van der Waals surface area contributed by atoms with Crippen LogP contribution in [0.5, 0.6) is 0 Å². The number of aliphatic hydroxyl groups is 3. The third kappa shape index (κ3) is 24.1. The molecule has 0 aromatic rings. The predicted octanol–water partition coefficient (Wildman–Crippen LogP) is -9.69. The number of hydrogen-bond acceptors (Lipinski definition) is 20. The maximum absolute atomic E-state index is 14.1. The Labute approximate surface area is 493 Å². The molecule has 2 aliphatic heterocycles. The van der Waals surface area contributed by atoms with Gasteiger partial charge in [0.25, 0.3) is 0 Å². The van der Waals surface area contributed by atoms with Crippen molar-refractivity contribution in [1.29, 1.82) is 5.41 Å². The summed E-state index contributed by atoms with van der Waals surface area (Å²) in [7, 11) is 0. The molecule has 2 aliphatic rings. The van der Waals surface area contributed by atoms with Crippen molar-refractivity contribution in [3.8, 4) is 0 Å². The van der Waals surface area contributed by atoms with Gasteiger partial charge in [0.2, 0.25) is 77.2 Å². The summed E-state index contributed by atoms with van der Waals surface area (Å²) in [5.74, 6) is -15.6. The normalized spacial score (nSPS) is 17.7. The number of likely N-dealkylation sites (tertiary alicyclic amines) is 2. The van der Waals surface area contributed by atoms with Gasteiger partial charge in [-0.2, -0.15) is 0 Å². The van der Waals surface area contributed by atoms with Crippen molar-refractivity contribution in [1.82, 2.24) is 63.0 Å². The summed E-state index contributed by atoms with van der Waals surface area (Å²) in [6, 6.07) is -16.8. The van der Waals surface area contributed by atoms with E-state index in [1.807, 2.05) is 0 Å². The molecular formula is C50H81N16O20. The zero-order chi connectivity index (χ0) is 65.0. The number of rotatable bonds is 38. The van der Waals surface area contributed by atoms with E-state index in [0.717, 1.165) is 9.80 Å². The Morgan fingerprint density at radius 3 is 1.45 bits per heavy atom. The van der Waals surface area contributed by atoms with E-state index in [2.05, 4.69) is 53.2 Å². The van der Waals surface area contributed by atoms with E-state index >= 15 is 0 Å². The number of nitrogens with two attached hydrogens (primary N) is 3. The molecule has 481 valence electrons. The highest BCUT2D eigenvalue weighted by Gasteiger charge is 2.42. The molecule has 1 radical (unpaired) electrons. The molecule has 0 unspecified atom stereocenters. The highest BCUT2D eigenvalue weighted by molar-refractivity contribution is 5.99. The van der Waals surface area contributed by atoms with E-state index in [4.69, 9.17) is 22.6 Å². The Hall–Kier alpha value is -8.64. The molecule has 86 heavy (non-hydrogen) atoms. The highest BCUT2D eigenvalue weighted by Crippen LogP contribution is 2.22. The molecule has 0 saturated carbocycles. The Bertz CT molecular complexity index is 2470. The van der Waals surface area contributed by atoms with Crippen LogP contribution < -0.4 is 70.4 Å². The van der Waals surface area contributed by atoms with Gasteiger partial charge < -0.3 is 106 Å². The van der Waals surface area contributed by atoms with Gasteiger partial charge in [-0.25, -0.2) is 0 Å². The van der Waals surface area contributed by atoms with E-state index in [9.17, 15) is 97.5 Å². The van der Waals surface area contributed by atoms with Crippen LogP contribution in [0.25, 0.3) is 0 Å². The quantitative estimate of drug-likeness (QED) is 0.0155. The standard InChI is InChI=1S/C50H81N16O20/c1-24(2)39(47(84)61-30(12-15-38(75)76)49(86)66-18-6-8-33(66)45(82)63-32(23-70)44(81)57-26(20-67)21-68)64-46(83)34-9-5-17-65(34)48(85)25(3)56-43(80)31(22-69)62-42(79)29(11-14-37(73)74)60-41(78)28(10-13-35(52)71)59-40(77)27(58-36(72)19-51)7-4-16-55-50(53)54/h24-34,39,67,69-70H,4-20,22-23,51H2,1-3H3,(H2,52,71)(H,56,80)(H,57,81)(H,58,72)(H,59,77)(H,60,78)(H,61,84)(H,62,79)(H,63,82)(H,64,83)(H,73,74)(H,75,76)(H4,53,54,55)/t25-,26-,27-,28-,29-,30-,31-,32-,33-,34-,39-/m0/s1. The lowest BCUT2D eigenvalue weighted by Gasteiger charge is -2.32. The van der Waals surface area contributed by atoms with Crippen molar-refractivity contribution in [2.24, 2.45) is 23.1 Å². The average molecular weight is 1230 g/mol. The molecule has 0 aromatic carbocycles. The number of guanidine groups is 1. The lowest BCUT2D eigenvalue weighted by Crippen LogP contribution is -2.61. The van der Waals surface area contributed by atoms with Gasteiger partial charge >= 0.3 is 11.9 Å². The number of nitrogens with one attached hydrogen (secondary N) is 11. The van der Waals surface area contributed by atoms with Crippen LogP contribution in [-0.4, -0.2) is 243 Å². The molecule has 2 rings (SSSR count). The number of amides is 12. The van der Waals surface area contributed by atoms with E-state index in [1.54, 1.807) is 0 Å². The fourth-order valence-corrected chi connectivity index (χ4v) is 9.00. The number of carbonyl (C=O) groups is 14. The molecule has 12 amide bonds. The molecule has 0 aromatic heterocycles. The summed E-state index contributed by atoms with van der Waals surface area (Å²) in [4.78, 5) is 197. The van der Waals surface area contributed by atoms with Crippen LogP contribution >= 0.6 is 0 Å². The van der Waals surface area contributed by atoms with E-state index in [-0.39, 0.29) is 64.1 Å². The van der Waals surface area contributed by atoms with Gasteiger partial charge in [-0.3, -0.25) is 77.3 Å². The van der Waals surface area contributed by atoms with Crippen molar-refractivity contribution in [3.05, 3.63) is 0 Å². The second-order valence-electron chi connectivity index (χ2n) is 20.5. The second kappa shape index (κ2) is 36.9. The van der Waals surface area contributed by atoms with E-state index in [0.29, 0.717) is 0 Å². The molecule has 2 fully saturated rings. The molecule has 2 saturated heterocycles. The number of aliphatic carboxylic acids is 2. The monoisotopic (exact) mass is 1230 g/mol. The van der Waals surface area contributed by atoms with E-state index < -0.39 is 220 Å². The Morgan fingerprint density at radius 2 is 0.988 bits per heavy atom. The molecular weight excluding hydrogens is 1140 g/mol. The summed E-state index contributed by atoms with van der Waals surface area (Å²) >= 11 is 0. The molecule has 36 nitrogen and oxygen atoms in total. The topological polar surface area (TPSA) is 586 Å². The first-order valence-electron chi connectivity index (χ1n) is 27.6. The van der Waals surface area contributed by atoms with Crippen LogP contribution in [0.2, 0.25) is 0 Å². The molecule has 11 atom stereocenters. The Morgan fingerprint density at radius 1 is 0.547 bits per heavy atom. The zero-order valence-corrected chi connectivity index (χ0v) is 47.8. The number of aliphatic hydroxyl groups excluding tert-OH is 3. The minimum atomic E-state index is -1.87. The van der Waals surface area contributed by atoms with Crippen LogP contribution in [0.1, 0.15) is 97.8 Å². The van der Waals surface area contributed by atoms with Crippen LogP contribution in [0.3, 0.4) is 0 Å². The SMILES string of the molecule is CC(C)[C@H](NC(=O)[C@@H]1CCCN1C(=O)[C@H](C)NC(=O)[C@H](CO)NC(=O)[C@H](CCC(=O)O)NC(=O)[C@H](CCC(N)=O)NC(=O)[C@H](CCCNC(=N)N)NC(=O)CN)C(=O)N[C@@H](CCC(=O)O)C(=O)N1CCC[C@H]1C(=O)N[C@@H](CO)C(=O)N[C@H]([C]=O)CO. The summed E-state index contributed by atoms with van der Waals surface area (Å²) in [5.41, 5.74) is 16.0. The minimum Gasteiger partial charge on any atom is -0.481 e. The zero-order valence-electron chi connectivity index (χ0n) is 47.8. The predicted molar refractivity (Wildman–Crippen MR) is 295 cm³/mol. The maximum atomic E-state index is 14.1. The van der Waals surface area contributed by atoms with Gasteiger partial charge in [0.15, 0.2) is 5.96 Å². The van der Waals surface area contributed by atoms with Crippen molar-refractivity contribution >= 4 is 95.1 Å². The van der Waals surface area contributed by atoms with Crippen LogP contribution in [-0.2, 0) is 71.9 Å². The maximum Gasteiger partial charge on any atom is 0.303 e. The van der Waals surface area contributed by atoms with E-state index in [1.165, 1.54) is 27.1 Å². The highest BCUT2D eigenvalue weighted by atomic mass is 16.4. The molecule has 2 heterocycles. The number of carbonyl (C=O) groups excluding carboxylic acids is 13. The van der Waals surface area contributed by atoms with Crippen molar-refractivity contribution in [2.75, 3.05) is 46.0 Å². The van der Waals surface area contributed by atoms with Gasteiger partial charge in [0, 0.05) is 38.9 Å². The van der Waals surface area contributed by atoms with Crippen LogP contribution in [0, 0.1) is 11.3 Å². The number of carboxylic acid groups (broad SMARTS) is 2. The smallest absolute Gasteiger partial charge is 0.303 e. The summed E-state index contributed by atoms with van der Waals surface area (Å²) < 4.78 is 0. The van der Waals surface area contributed by atoms with Gasteiger partial charge in [0.1, 0.15) is 66.5 Å². The van der Waals surface area contributed by atoms with Gasteiger partial charge in [-0.1, -0.05) is 13.8 Å². The van der Waals surface area contributed by atoms with Gasteiger partial charge in [-0.15, -0.1) is 0 Å². The average Bonchev–Trinajstić information content (AvgIpc) is 2.72. The van der Waals surface area contributed by atoms with Crippen LogP contribution in [0.4, 0.5) is 0 Å². The first kappa shape index (κ1) is 73.5. The molecule has 22 N–H and O–H groups in total.